The van der Waals surface area contributed by atoms with Crippen LogP contribution in [0.5, 0.6) is 0 Å². The number of aliphatic hydroxyl groups excluding tert-OH is 2. The highest BCUT2D eigenvalue weighted by Gasteiger charge is 2.20. The van der Waals surface area contributed by atoms with E-state index in [4.69, 9.17) is 4.74 Å². The first kappa shape index (κ1) is 74.6. The highest BCUT2D eigenvalue weighted by Crippen LogP contribution is 2.19. The van der Waals surface area contributed by atoms with E-state index in [1.54, 1.807) is 0 Å². The zero-order valence-corrected chi connectivity index (χ0v) is 51.8. The van der Waals surface area contributed by atoms with Crippen LogP contribution in [0.4, 0.5) is 0 Å². The average Bonchev–Trinajstić information content (AvgIpc) is 3.42. The number of carbonyl (C=O) groups excluding carboxylic acids is 2. The summed E-state index contributed by atoms with van der Waals surface area (Å²) < 4.78 is 5.51. The molecule has 0 spiro atoms. The van der Waals surface area contributed by atoms with Crippen LogP contribution in [0.25, 0.3) is 0 Å². The molecular formula is C70H137NO5. The predicted octanol–water partition coefficient (Wildman–Crippen LogP) is 22.4. The summed E-state index contributed by atoms with van der Waals surface area (Å²) in [5.74, 6) is -0.0120. The fourth-order valence-electron chi connectivity index (χ4n) is 11.2. The van der Waals surface area contributed by atoms with Crippen molar-refractivity contribution in [2.75, 3.05) is 13.2 Å². The van der Waals surface area contributed by atoms with Crippen LogP contribution in [0.3, 0.4) is 0 Å². The molecule has 2 atom stereocenters. The third kappa shape index (κ3) is 61.8. The number of nitrogens with one attached hydrogen (secondary N) is 1. The summed E-state index contributed by atoms with van der Waals surface area (Å²) in [7, 11) is 0. The number of ether oxygens (including phenoxy) is 1. The Morgan fingerprint density at radius 3 is 0.934 bits per heavy atom. The van der Waals surface area contributed by atoms with Crippen LogP contribution < -0.4 is 5.32 Å². The van der Waals surface area contributed by atoms with E-state index >= 15 is 0 Å². The zero-order valence-electron chi connectivity index (χ0n) is 51.8. The number of esters is 1. The van der Waals surface area contributed by atoms with Gasteiger partial charge >= 0.3 is 5.97 Å². The lowest BCUT2D eigenvalue weighted by molar-refractivity contribution is -0.143. The van der Waals surface area contributed by atoms with Crippen LogP contribution in [-0.4, -0.2) is 47.4 Å². The number of aliphatic hydroxyl groups is 2. The Balaban J connectivity index is 3.32. The van der Waals surface area contributed by atoms with E-state index < -0.39 is 12.1 Å². The van der Waals surface area contributed by atoms with Gasteiger partial charge in [0.15, 0.2) is 0 Å². The monoisotopic (exact) mass is 1070 g/mol. The molecule has 0 fully saturated rings. The van der Waals surface area contributed by atoms with Gasteiger partial charge in [-0.15, -0.1) is 0 Å². The molecule has 1 amide bonds. The molecule has 0 heterocycles. The maximum Gasteiger partial charge on any atom is 0.305 e. The lowest BCUT2D eigenvalue weighted by Gasteiger charge is -2.22. The van der Waals surface area contributed by atoms with E-state index in [1.165, 1.54) is 327 Å². The molecule has 0 aliphatic rings. The number of carbonyl (C=O) groups is 2. The summed E-state index contributed by atoms with van der Waals surface area (Å²) >= 11 is 0. The van der Waals surface area contributed by atoms with Crippen molar-refractivity contribution in [2.45, 2.75) is 411 Å². The molecule has 3 N–H and O–H groups in total. The van der Waals surface area contributed by atoms with Crippen LogP contribution in [0.15, 0.2) is 12.2 Å². The normalized spacial score (nSPS) is 12.5. The van der Waals surface area contributed by atoms with Gasteiger partial charge in [0.05, 0.1) is 25.4 Å². The van der Waals surface area contributed by atoms with Gasteiger partial charge in [-0.1, -0.05) is 347 Å². The fourth-order valence-corrected chi connectivity index (χ4v) is 11.2. The number of allylic oxidation sites excluding steroid dienone is 2. The molecule has 0 rings (SSSR count). The molecule has 0 aromatic rings. The molecule has 0 bridgehead atoms. The van der Waals surface area contributed by atoms with E-state index in [2.05, 4.69) is 31.3 Å². The molecular weight excluding hydrogens is 935 g/mol. The number of rotatable bonds is 66. The fraction of sp³-hybridized carbons (Fsp3) is 0.943. The quantitative estimate of drug-likeness (QED) is 0.0320. The second-order valence-electron chi connectivity index (χ2n) is 24.2. The summed E-state index contributed by atoms with van der Waals surface area (Å²) in [4.78, 5) is 24.6. The first-order chi connectivity index (χ1) is 37.5. The smallest absolute Gasteiger partial charge is 0.305 e. The molecule has 6 nitrogen and oxygen atoms in total. The molecule has 0 radical (unpaired) electrons. The molecule has 76 heavy (non-hydrogen) atoms. The van der Waals surface area contributed by atoms with Gasteiger partial charge in [-0.05, 0) is 51.4 Å². The Bertz CT molecular complexity index is 1140. The third-order valence-corrected chi connectivity index (χ3v) is 16.6. The van der Waals surface area contributed by atoms with E-state index in [0.29, 0.717) is 25.9 Å². The van der Waals surface area contributed by atoms with E-state index in [0.717, 1.165) is 38.5 Å². The maximum atomic E-state index is 12.5. The molecule has 452 valence electrons. The maximum absolute atomic E-state index is 12.5. The van der Waals surface area contributed by atoms with Gasteiger partial charge in [0.25, 0.3) is 0 Å². The van der Waals surface area contributed by atoms with Crippen molar-refractivity contribution >= 4 is 11.9 Å². The van der Waals surface area contributed by atoms with Crippen molar-refractivity contribution in [3.05, 3.63) is 12.2 Å². The van der Waals surface area contributed by atoms with Gasteiger partial charge < -0.3 is 20.3 Å². The van der Waals surface area contributed by atoms with Crippen molar-refractivity contribution < 1.29 is 24.5 Å². The zero-order chi connectivity index (χ0) is 55.0. The summed E-state index contributed by atoms with van der Waals surface area (Å²) in [6, 6.07) is -0.539. The van der Waals surface area contributed by atoms with Crippen molar-refractivity contribution in [1.29, 1.82) is 0 Å². The van der Waals surface area contributed by atoms with Gasteiger partial charge in [-0.2, -0.15) is 0 Å². The van der Waals surface area contributed by atoms with Crippen LogP contribution in [0, 0.1) is 0 Å². The second-order valence-corrected chi connectivity index (χ2v) is 24.2. The minimum Gasteiger partial charge on any atom is -0.466 e. The van der Waals surface area contributed by atoms with Crippen molar-refractivity contribution in [3.8, 4) is 0 Å². The molecule has 0 aromatic carbocycles. The highest BCUT2D eigenvalue weighted by atomic mass is 16.5. The van der Waals surface area contributed by atoms with Crippen molar-refractivity contribution in [1.82, 2.24) is 5.32 Å². The molecule has 2 unspecified atom stereocenters. The Morgan fingerprint density at radius 1 is 0.355 bits per heavy atom. The van der Waals surface area contributed by atoms with Crippen LogP contribution in [-0.2, 0) is 14.3 Å². The van der Waals surface area contributed by atoms with Gasteiger partial charge in [0.1, 0.15) is 0 Å². The number of unbranched alkanes of at least 4 members (excludes halogenated alkanes) is 53. The topological polar surface area (TPSA) is 95.9 Å². The molecule has 0 aliphatic carbocycles. The first-order valence-corrected chi connectivity index (χ1v) is 34.9. The number of hydrogen-bond donors (Lipinski definition) is 3. The summed E-state index contributed by atoms with van der Waals surface area (Å²) in [6.07, 6.45) is 81.1. The number of amides is 1. The minimum atomic E-state index is -0.661. The van der Waals surface area contributed by atoms with Crippen LogP contribution in [0.1, 0.15) is 399 Å². The second kappa shape index (κ2) is 66.1. The molecule has 6 heteroatoms. The SMILES string of the molecule is CCCCCCCC/C=C\CCCCCCCCCCCC(=O)OCCCCCCCCCCCCCCCCCCCCCCCCCCCCC(=O)NC(CO)C(O)CCCCCCCCCCCCCCCC. The summed E-state index contributed by atoms with van der Waals surface area (Å²) in [5, 5.41) is 23.3. The van der Waals surface area contributed by atoms with Crippen LogP contribution in [0.2, 0.25) is 0 Å². The summed E-state index contributed by atoms with van der Waals surface area (Å²) in [6.45, 7) is 4.99. The van der Waals surface area contributed by atoms with Gasteiger partial charge in [0.2, 0.25) is 5.91 Å². The Morgan fingerprint density at radius 2 is 0.618 bits per heavy atom. The van der Waals surface area contributed by atoms with E-state index in [-0.39, 0.29) is 18.5 Å². The van der Waals surface area contributed by atoms with Crippen molar-refractivity contribution in [2.24, 2.45) is 0 Å². The first-order valence-electron chi connectivity index (χ1n) is 34.9. The van der Waals surface area contributed by atoms with E-state index in [9.17, 15) is 19.8 Å². The minimum absolute atomic E-state index is 0.0179. The highest BCUT2D eigenvalue weighted by molar-refractivity contribution is 5.76. The molecule has 0 aromatic heterocycles. The Hall–Kier alpha value is -1.40. The Kier molecular flexibility index (Phi) is 64.9. The van der Waals surface area contributed by atoms with Gasteiger partial charge in [0, 0.05) is 12.8 Å². The lowest BCUT2D eigenvalue weighted by Crippen LogP contribution is -2.45. The summed E-state index contributed by atoms with van der Waals surface area (Å²) in [5.41, 5.74) is 0. The third-order valence-electron chi connectivity index (χ3n) is 16.6. The van der Waals surface area contributed by atoms with E-state index in [1.807, 2.05) is 0 Å². The standard InChI is InChI=1S/C70H137NO5/c1-3-5-7-9-11-13-15-17-19-20-29-33-36-40-44-48-52-56-60-64-70(75)76-65-61-57-53-49-45-41-37-34-31-28-26-24-22-21-23-25-27-30-32-35-39-43-47-51-55-59-63-69(74)71-67(66-72)68(73)62-58-54-50-46-42-38-18-16-14-12-10-8-6-4-2/h17,19,67-68,72-73H,3-16,18,20-66H2,1-2H3,(H,71,74)/b19-17-. The number of hydrogen-bond acceptors (Lipinski definition) is 5. The van der Waals surface area contributed by atoms with Crippen molar-refractivity contribution in [3.63, 3.8) is 0 Å². The molecule has 0 saturated heterocycles. The van der Waals surface area contributed by atoms with Gasteiger partial charge in [-0.25, -0.2) is 0 Å². The average molecular weight is 1070 g/mol. The lowest BCUT2D eigenvalue weighted by atomic mass is 10.0. The largest absolute Gasteiger partial charge is 0.466 e. The van der Waals surface area contributed by atoms with Gasteiger partial charge in [-0.3, -0.25) is 9.59 Å². The van der Waals surface area contributed by atoms with Crippen LogP contribution >= 0.6 is 0 Å². The Labute approximate surface area is 476 Å². The molecule has 0 saturated carbocycles. The molecule has 0 aliphatic heterocycles. The predicted molar refractivity (Wildman–Crippen MR) is 333 cm³/mol.